The molecule has 3 unspecified atom stereocenters. The van der Waals surface area contributed by atoms with Crippen LogP contribution in [0.25, 0.3) is 5.70 Å². The Hall–Kier alpha value is -1.36. The number of hydrazine groups is 1. The Morgan fingerprint density at radius 3 is 2.88 bits per heavy atom. The van der Waals surface area contributed by atoms with Gasteiger partial charge in [-0.25, -0.2) is 10.8 Å². The molecule has 0 aliphatic carbocycles. The highest BCUT2D eigenvalue weighted by Crippen LogP contribution is 2.35. The fourth-order valence-electron chi connectivity index (χ4n) is 3.22. The Balaban J connectivity index is 1.90. The maximum absolute atomic E-state index is 9.55. The Kier molecular flexibility index (Phi) is 9.43. The number of nitriles is 1. The second kappa shape index (κ2) is 11.9. The van der Waals surface area contributed by atoms with Gasteiger partial charge in [-0.3, -0.25) is 0 Å². The lowest BCUT2D eigenvalue weighted by atomic mass is 10.1. The van der Waals surface area contributed by atoms with Crippen LogP contribution in [0.5, 0.6) is 0 Å². The molecular formula is C21H25BrClN5O3S2. The lowest BCUT2D eigenvalue weighted by molar-refractivity contribution is -0.128. The van der Waals surface area contributed by atoms with Crippen LogP contribution in [-0.4, -0.2) is 54.0 Å². The highest BCUT2D eigenvalue weighted by atomic mass is 79.9. The molecular weight excluding hydrogens is 550 g/mol. The van der Waals surface area contributed by atoms with Gasteiger partial charge in [0.2, 0.25) is 0 Å². The highest BCUT2D eigenvalue weighted by Gasteiger charge is 2.37. The predicted molar refractivity (Wildman–Crippen MR) is 135 cm³/mol. The maximum atomic E-state index is 9.55. The third-order valence-corrected chi connectivity index (χ3v) is 8.09. The van der Waals surface area contributed by atoms with E-state index in [4.69, 9.17) is 37.4 Å². The van der Waals surface area contributed by atoms with Gasteiger partial charge in [0.25, 0.3) is 0 Å². The normalized spacial score (nSPS) is 24.1. The number of aryl methyl sites for hydroxylation is 1. The molecule has 2 aromatic rings. The number of ether oxygens (including phenoxy) is 3. The van der Waals surface area contributed by atoms with E-state index in [0.717, 1.165) is 9.37 Å². The minimum atomic E-state index is -0.501. The predicted octanol–water partition coefficient (Wildman–Crippen LogP) is 4.11. The van der Waals surface area contributed by atoms with Gasteiger partial charge in [-0.05, 0) is 32.0 Å². The van der Waals surface area contributed by atoms with Gasteiger partial charge in [0.1, 0.15) is 27.0 Å². The van der Waals surface area contributed by atoms with Gasteiger partial charge in [-0.2, -0.15) is 5.26 Å². The van der Waals surface area contributed by atoms with Crippen LogP contribution in [0.4, 0.5) is 0 Å². The van der Waals surface area contributed by atoms with Gasteiger partial charge >= 0.3 is 0 Å². The minimum Gasteiger partial charge on any atom is -0.395 e. The minimum absolute atomic E-state index is 0.175. The van der Waals surface area contributed by atoms with Crippen molar-refractivity contribution in [2.45, 2.75) is 42.4 Å². The Morgan fingerprint density at radius 1 is 1.48 bits per heavy atom. The summed E-state index contributed by atoms with van der Waals surface area (Å²) in [6, 6.07) is 7.29. The summed E-state index contributed by atoms with van der Waals surface area (Å²) in [6.07, 6.45) is 0.923. The lowest BCUT2D eigenvalue weighted by Gasteiger charge is -2.39. The molecule has 0 radical (unpaired) electrons. The highest BCUT2D eigenvalue weighted by molar-refractivity contribution is 9.10. The molecule has 1 aliphatic heterocycles. The van der Waals surface area contributed by atoms with Crippen molar-refractivity contribution >= 4 is 56.3 Å². The van der Waals surface area contributed by atoms with E-state index in [9.17, 15) is 5.26 Å². The van der Waals surface area contributed by atoms with E-state index in [1.165, 1.54) is 28.1 Å². The molecule has 4 N–H and O–H groups in total. The van der Waals surface area contributed by atoms with Gasteiger partial charge in [0.15, 0.2) is 0 Å². The van der Waals surface area contributed by atoms with E-state index < -0.39 is 17.6 Å². The summed E-state index contributed by atoms with van der Waals surface area (Å²) >= 11 is 12.3. The molecule has 33 heavy (non-hydrogen) atoms. The summed E-state index contributed by atoms with van der Waals surface area (Å²) < 4.78 is 19.4. The van der Waals surface area contributed by atoms with Gasteiger partial charge in [-0.1, -0.05) is 39.3 Å². The summed E-state index contributed by atoms with van der Waals surface area (Å²) in [5, 5.41) is 11.6. The molecule has 0 spiro atoms. The molecule has 0 amide bonds. The SMILES string of the molecule is COC1C(Sc2cc(Br)ccc2C#N)OC(C)COC[C@H]1N(N)/C=C(\N)c1nc(C)c(Cl)s1. The second-order valence-corrected chi connectivity index (χ2v) is 11.1. The summed E-state index contributed by atoms with van der Waals surface area (Å²) in [5.41, 5.74) is 7.43. The number of aromatic nitrogens is 1. The second-order valence-electron chi connectivity index (χ2n) is 7.40. The van der Waals surface area contributed by atoms with E-state index >= 15 is 0 Å². The van der Waals surface area contributed by atoms with Crippen molar-refractivity contribution in [2.24, 2.45) is 11.6 Å². The molecule has 2 heterocycles. The molecule has 3 rings (SSSR count). The molecule has 4 atom stereocenters. The molecule has 8 nitrogen and oxygen atoms in total. The van der Waals surface area contributed by atoms with Crippen molar-refractivity contribution in [1.29, 1.82) is 5.26 Å². The Morgan fingerprint density at radius 2 is 2.24 bits per heavy atom. The third-order valence-electron chi connectivity index (χ3n) is 4.89. The number of methoxy groups -OCH3 is 1. The van der Waals surface area contributed by atoms with Crippen LogP contribution < -0.4 is 11.6 Å². The van der Waals surface area contributed by atoms with E-state index in [2.05, 4.69) is 27.0 Å². The van der Waals surface area contributed by atoms with Crippen LogP contribution in [0.15, 0.2) is 33.8 Å². The average molecular weight is 575 g/mol. The number of thioether (sulfide) groups is 1. The number of hydrogen-bond acceptors (Lipinski definition) is 10. The lowest BCUT2D eigenvalue weighted by Crippen LogP contribution is -2.55. The number of hydrogen-bond donors (Lipinski definition) is 2. The molecule has 0 bridgehead atoms. The topological polar surface area (TPSA) is 120 Å². The first-order valence-corrected chi connectivity index (χ1v) is 12.9. The number of nitrogens with two attached hydrogens (primary N) is 2. The van der Waals surface area contributed by atoms with Crippen molar-refractivity contribution in [1.82, 2.24) is 9.99 Å². The van der Waals surface area contributed by atoms with Crippen molar-refractivity contribution in [3.05, 3.63) is 49.5 Å². The van der Waals surface area contributed by atoms with Gasteiger partial charge < -0.3 is 25.0 Å². The molecule has 178 valence electrons. The standard InChI is InChI=1S/C21H25BrClN5O3S2/c1-11-9-30-10-16(28(26)8-15(25)20-27-12(2)19(23)33-20)18(29-3)21(31-11)32-17-6-14(22)5-4-13(17)7-24/h4-6,8,11,16,18,21H,9-10,25-26H2,1-3H3/b15-8-/t11?,16-,18?,21?/m1/s1. The fourth-order valence-corrected chi connectivity index (χ4v) is 6.07. The van der Waals surface area contributed by atoms with Crippen LogP contribution in [0.1, 0.15) is 23.2 Å². The maximum Gasteiger partial charge on any atom is 0.142 e. The first-order chi connectivity index (χ1) is 15.7. The van der Waals surface area contributed by atoms with E-state index in [-0.39, 0.29) is 6.10 Å². The molecule has 1 aromatic heterocycles. The van der Waals surface area contributed by atoms with Crippen molar-refractivity contribution in [2.75, 3.05) is 20.3 Å². The van der Waals surface area contributed by atoms with E-state index in [1.54, 1.807) is 19.4 Å². The van der Waals surface area contributed by atoms with E-state index in [0.29, 0.717) is 39.5 Å². The number of nitrogens with zero attached hydrogens (tertiary/aromatic N) is 3. The average Bonchev–Trinajstić information content (AvgIpc) is 3.10. The first-order valence-electron chi connectivity index (χ1n) is 9.99. The number of rotatable bonds is 6. The zero-order valence-electron chi connectivity index (χ0n) is 18.3. The smallest absolute Gasteiger partial charge is 0.142 e. The fraction of sp³-hybridized carbons (Fsp3) is 0.429. The largest absolute Gasteiger partial charge is 0.395 e. The molecule has 1 fully saturated rings. The van der Waals surface area contributed by atoms with Crippen LogP contribution in [0.2, 0.25) is 4.34 Å². The zero-order chi connectivity index (χ0) is 24.1. The number of benzene rings is 1. The summed E-state index contributed by atoms with van der Waals surface area (Å²) in [4.78, 5) is 5.15. The Labute approximate surface area is 214 Å². The number of thiazole rings is 1. The molecule has 0 saturated carbocycles. The Bertz CT molecular complexity index is 1030. The van der Waals surface area contributed by atoms with Crippen molar-refractivity contribution < 1.29 is 14.2 Å². The first kappa shape index (κ1) is 26.2. The van der Waals surface area contributed by atoms with Gasteiger partial charge in [0, 0.05) is 22.7 Å². The zero-order valence-corrected chi connectivity index (χ0v) is 22.3. The van der Waals surface area contributed by atoms with Crippen molar-refractivity contribution in [3.63, 3.8) is 0 Å². The van der Waals surface area contributed by atoms with E-state index in [1.807, 2.05) is 26.0 Å². The summed E-state index contributed by atoms with van der Waals surface area (Å²) in [7, 11) is 1.60. The van der Waals surface area contributed by atoms with Gasteiger partial charge in [-0.15, -0.1) is 11.3 Å². The summed E-state index contributed by atoms with van der Waals surface area (Å²) in [5.74, 6) is 6.42. The molecule has 12 heteroatoms. The quantitative estimate of drug-likeness (QED) is 0.388. The molecule has 1 aromatic carbocycles. The van der Waals surface area contributed by atoms with Crippen LogP contribution >= 0.6 is 50.6 Å². The monoisotopic (exact) mass is 573 g/mol. The van der Waals surface area contributed by atoms with Crippen LogP contribution in [0, 0.1) is 18.3 Å². The molecule has 1 saturated heterocycles. The molecule has 1 aliphatic rings. The third kappa shape index (κ3) is 6.61. The van der Waals surface area contributed by atoms with Crippen LogP contribution in [-0.2, 0) is 14.2 Å². The van der Waals surface area contributed by atoms with Gasteiger partial charge in [0.05, 0.1) is 42.3 Å². The summed E-state index contributed by atoms with van der Waals surface area (Å²) in [6.45, 7) is 4.43. The van der Waals surface area contributed by atoms with Crippen molar-refractivity contribution in [3.8, 4) is 6.07 Å². The van der Waals surface area contributed by atoms with Crippen LogP contribution in [0.3, 0.4) is 0 Å². The number of halogens is 2.